The van der Waals surface area contributed by atoms with Gasteiger partial charge in [-0.25, -0.2) is 18.2 Å². The van der Waals surface area contributed by atoms with E-state index in [-0.39, 0.29) is 37.2 Å². The lowest BCUT2D eigenvalue weighted by molar-refractivity contribution is -0.142. The Morgan fingerprint density at radius 3 is 2.46 bits per heavy atom. The number of carbonyl (C=O) groups is 4. The quantitative estimate of drug-likeness (QED) is 0.217. The van der Waals surface area contributed by atoms with Gasteiger partial charge in [-0.05, 0) is 87.7 Å². The van der Waals surface area contributed by atoms with Gasteiger partial charge in [0.05, 0.1) is 30.1 Å². The Bertz CT molecular complexity index is 2370. The van der Waals surface area contributed by atoms with Gasteiger partial charge in [0.25, 0.3) is 5.91 Å². The lowest BCUT2D eigenvalue weighted by atomic mass is 9.83. The van der Waals surface area contributed by atoms with E-state index in [2.05, 4.69) is 28.0 Å². The number of urea groups is 1. The van der Waals surface area contributed by atoms with E-state index in [0.29, 0.717) is 48.8 Å². The SMILES string of the molecule is C=CC1C[C@]1(NC(=O)[C@@H]1C[C@@H]2CN1C(=O)[C@H](C1CCCCC1)NC(=O)N1CCC[C@H](CCCCc3cc4c(cc(-c5ccccc5)nc4cc3OC)O2)C1)C(=O)NS(=O)(=O)C1CC1. The summed E-state index contributed by atoms with van der Waals surface area (Å²) in [5.41, 5.74) is 1.74. The maximum atomic E-state index is 15.3. The zero-order valence-electron chi connectivity index (χ0n) is 36.2. The number of piperidine rings is 1. The molecule has 1 unspecified atom stereocenters. The first-order valence-electron chi connectivity index (χ1n) is 23.1. The van der Waals surface area contributed by atoms with Gasteiger partial charge in [-0.1, -0.05) is 62.1 Å². The van der Waals surface area contributed by atoms with Crippen LogP contribution in [0.3, 0.4) is 0 Å². The van der Waals surface area contributed by atoms with Crippen molar-refractivity contribution >= 4 is 44.7 Å². The predicted octanol–water partition coefficient (Wildman–Crippen LogP) is 6.02. The van der Waals surface area contributed by atoms with Crippen molar-refractivity contribution in [2.24, 2.45) is 17.8 Å². The summed E-state index contributed by atoms with van der Waals surface area (Å²) in [5.74, 6) is -0.771. The van der Waals surface area contributed by atoms with Crippen molar-refractivity contribution in [2.45, 2.75) is 125 Å². The van der Waals surface area contributed by atoms with Crippen LogP contribution < -0.4 is 24.8 Å². The van der Waals surface area contributed by atoms with E-state index >= 15 is 4.79 Å². The second kappa shape index (κ2) is 17.8. The molecule has 3 aliphatic heterocycles. The molecule has 5 fully saturated rings. The van der Waals surface area contributed by atoms with Gasteiger partial charge in [0.2, 0.25) is 21.8 Å². The third kappa shape index (κ3) is 8.99. The molecule has 6 bridgehead atoms. The number of sulfonamides is 1. The summed E-state index contributed by atoms with van der Waals surface area (Å²) in [5, 5.41) is 6.27. The van der Waals surface area contributed by atoms with Crippen molar-refractivity contribution < 1.29 is 37.1 Å². The zero-order valence-corrected chi connectivity index (χ0v) is 37.0. The van der Waals surface area contributed by atoms with Crippen LogP contribution in [-0.4, -0.2) is 103 Å². The molecular weight excluding hydrogens is 821 g/mol. The molecule has 14 nitrogen and oxygen atoms in total. The summed E-state index contributed by atoms with van der Waals surface area (Å²) in [6, 6.07) is 13.5. The number of hydrogen-bond acceptors (Lipinski definition) is 9. The summed E-state index contributed by atoms with van der Waals surface area (Å²) in [7, 11) is -2.24. The fourth-order valence-corrected chi connectivity index (χ4v) is 11.9. The largest absolute Gasteiger partial charge is 0.496 e. The predicted molar refractivity (Wildman–Crippen MR) is 238 cm³/mol. The van der Waals surface area contributed by atoms with E-state index in [1.165, 1.54) is 4.90 Å². The molecule has 336 valence electrons. The first-order chi connectivity index (χ1) is 30.5. The number of benzene rings is 2. The average molecular weight is 881 g/mol. The number of aryl methyl sites for hydroxylation is 1. The maximum absolute atomic E-state index is 15.3. The molecule has 3 aromatic rings. The van der Waals surface area contributed by atoms with Crippen LogP contribution in [0.4, 0.5) is 4.79 Å². The Kier molecular flexibility index (Phi) is 12.2. The highest BCUT2D eigenvalue weighted by Gasteiger charge is 2.62. The first kappa shape index (κ1) is 43.1. The van der Waals surface area contributed by atoms with Crippen LogP contribution >= 0.6 is 0 Å². The van der Waals surface area contributed by atoms with Gasteiger partial charge in [0.15, 0.2) is 0 Å². The van der Waals surface area contributed by atoms with Gasteiger partial charge in [-0.3, -0.25) is 19.1 Å². The van der Waals surface area contributed by atoms with Crippen LogP contribution in [0.15, 0.2) is 61.2 Å². The number of carbonyl (C=O) groups excluding carboxylic acids is 4. The van der Waals surface area contributed by atoms with Crippen LogP contribution in [0.5, 0.6) is 11.5 Å². The zero-order chi connectivity index (χ0) is 43.9. The maximum Gasteiger partial charge on any atom is 0.318 e. The Balaban J connectivity index is 1.11. The summed E-state index contributed by atoms with van der Waals surface area (Å²) in [4.78, 5) is 66.6. The minimum absolute atomic E-state index is 0.0371. The molecule has 5 amide bonds. The Labute approximate surface area is 370 Å². The minimum Gasteiger partial charge on any atom is -0.496 e. The van der Waals surface area contributed by atoms with E-state index < -0.39 is 56.7 Å². The highest BCUT2D eigenvalue weighted by atomic mass is 32.2. The molecular formula is C48H60N6O8S. The second-order valence-electron chi connectivity index (χ2n) is 18.7. The fraction of sp³-hybridized carbons (Fsp3) is 0.562. The van der Waals surface area contributed by atoms with Crippen molar-refractivity contribution in [1.82, 2.24) is 30.1 Å². The Morgan fingerprint density at radius 2 is 1.73 bits per heavy atom. The van der Waals surface area contributed by atoms with Crippen molar-refractivity contribution in [3.05, 3.63) is 66.7 Å². The van der Waals surface area contributed by atoms with Gasteiger partial charge in [-0.15, -0.1) is 6.58 Å². The van der Waals surface area contributed by atoms with E-state index in [0.717, 1.165) is 92.9 Å². The minimum atomic E-state index is -3.91. The molecule has 9 rings (SSSR count). The molecule has 3 N–H and O–H groups in total. The molecule has 63 heavy (non-hydrogen) atoms. The summed E-state index contributed by atoms with van der Waals surface area (Å²) in [6.07, 6.45) is 12.1. The first-order valence-corrected chi connectivity index (χ1v) is 24.6. The van der Waals surface area contributed by atoms with Crippen molar-refractivity contribution in [3.8, 4) is 22.8 Å². The summed E-state index contributed by atoms with van der Waals surface area (Å²) in [6.45, 7) is 5.12. The topological polar surface area (TPSA) is 176 Å². The lowest BCUT2D eigenvalue weighted by Crippen LogP contribution is -2.60. The lowest BCUT2D eigenvalue weighted by Gasteiger charge is -2.38. The molecule has 3 saturated carbocycles. The normalized spacial score (nSPS) is 28.2. The Hall–Kier alpha value is -5.18. The Morgan fingerprint density at radius 1 is 0.968 bits per heavy atom. The van der Waals surface area contributed by atoms with E-state index in [9.17, 15) is 22.8 Å². The highest BCUT2D eigenvalue weighted by Crippen LogP contribution is 2.46. The van der Waals surface area contributed by atoms with Gasteiger partial charge in [-0.2, -0.15) is 0 Å². The number of fused-ring (bicyclic) bond motifs is 5. The molecule has 2 aromatic carbocycles. The molecule has 3 aliphatic carbocycles. The number of nitrogens with one attached hydrogen (secondary N) is 3. The third-order valence-corrected chi connectivity index (χ3v) is 16.2. The molecule has 1 aromatic heterocycles. The van der Waals surface area contributed by atoms with Crippen LogP contribution in [0.1, 0.15) is 95.5 Å². The number of methoxy groups -OCH3 is 1. The number of nitrogens with zero attached hydrogens (tertiary/aromatic N) is 3. The third-order valence-electron chi connectivity index (χ3n) is 14.4. The van der Waals surface area contributed by atoms with E-state index in [4.69, 9.17) is 14.5 Å². The number of amides is 5. The van der Waals surface area contributed by atoms with Crippen molar-refractivity contribution in [2.75, 3.05) is 26.7 Å². The molecule has 15 heteroatoms. The average Bonchev–Trinajstić information content (AvgIpc) is 4.23. The van der Waals surface area contributed by atoms with Gasteiger partial charge in [0, 0.05) is 48.5 Å². The van der Waals surface area contributed by atoms with Crippen LogP contribution in [-0.2, 0) is 30.8 Å². The molecule has 6 aliphatic rings. The number of hydrogen-bond donors (Lipinski definition) is 3. The van der Waals surface area contributed by atoms with Crippen LogP contribution in [0.2, 0.25) is 0 Å². The van der Waals surface area contributed by atoms with Crippen molar-refractivity contribution in [3.63, 3.8) is 0 Å². The fourth-order valence-electron chi connectivity index (χ4n) is 10.6. The van der Waals surface area contributed by atoms with Crippen LogP contribution in [0.25, 0.3) is 22.2 Å². The van der Waals surface area contributed by atoms with E-state index in [1.54, 1.807) is 13.2 Å². The standard InChI is InChI=1S/C48H60N6O8S/c1-3-34-27-48(34,46(57)52-63(59,60)36-20-21-36)51-44(55)40-24-35-29-54(40)45(56)43(32-17-8-5-9-18-32)50-47(58)53-22-12-14-30(28-53)13-10-11-19-33-23-37-39(26-41(33)61-2)49-38(25-42(37)62-35)31-15-6-4-7-16-31/h3-4,6-7,15-16,23,25-26,30,32,34-36,40,43H,1,5,8-14,17-22,24,27-29H2,2H3,(H,50,58)(H,51,55)(H,52,57)/t30-,34?,35+,40-,43-,48+/m0/s1. The number of aromatic nitrogens is 1. The highest BCUT2D eigenvalue weighted by molar-refractivity contribution is 7.91. The molecule has 0 radical (unpaired) electrons. The summed E-state index contributed by atoms with van der Waals surface area (Å²) >= 11 is 0. The molecule has 6 atom stereocenters. The van der Waals surface area contributed by atoms with Crippen LogP contribution in [0, 0.1) is 17.8 Å². The number of rotatable bonds is 9. The summed E-state index contributed by atoms with van der Waals surface area (Å²) < 4.78 is 41.0. The van der Waals surface area contributed by atoms with Gasteiger partial charge in [0.1, 0.15) is 35.2 Å². The number of pyridine rings is 1. The smallest absolute Gasteiger partial charge is 0.318 e. The van der Waals surface area contributed by atoms with E-state index in [1.807, 2.05) is 47.4 Å². The van der Waals surface area contributed by atoms with Gasteiger partial charge < -0.3 is 29.9 Å². The molecule has 4 heterocycles. The van der Waals surface area contributed by atoms with Crippen molar-refractivity contribution in [1.29, 1.82) is 0 Å². The monoisotopic (exact) mass is 880 g/mol. The van der Waals surface area contributed by atoms with Gasteiger partial charge >= 0.3 is 6.03 Å². The molecule has 0 spiro atoms. The second-order valence-corrected chi connectivity index (χ2v) is 20.7. The molecule has 2 saturated heterocycles. The number of ether oxygens (including phenoxy) is 2.